The zero-order valence-electron chi connectivity index (χ0n) is 29.1. The lowest BCUT2D eigenvalue weighted by atomic mass is 9.84. The molecule has 54 heavy (non-hydrogen) atoms. The lowest BCUT2D eigenvalue weighted by molar-refractivity contribution is 1.66. The molecule has 0 radical (unpaired) electrons. The van der Waals surface area contributed by atoms with E-state index in [0.717, 1.165) is 0 Å². The van der Waals surface area contributed by atoms with Crippen LogP contribution in [0.4, 0.5) is 0 Å². The summed E-state index contributed by atoms with van der Waals surface area (Å²) in [7, 11) is 0. The molecule has 2 heterocycles. The number of hydrogen-bond acceptors (Lipinski definition) is 2. The van der Waals surface area contributed by atoms with E-state index >= 15 is 0 Å². The molecule has 12 aromatic rings. The Kier molecular flexibility index (Phi) is 6.48. The van der Waals surface area contributed by atoms with E-state index in [1.165, 1.54) is 117 Å². The van der Waals surface area contributed by atoms with Crippen molar-refractivity contribution in [3.8, 4) is 33.4 Å². The van der Waals surface area contributed by atoms with Crippen LogP contribution in [0.15, 0.2) is 182 Å². The van der Waals surface area contributed by atoms with Gasteiger partial charge in [0.05, 0.1) is 0 Å². The molecule has 2 aromatic heterocycles. The van der Waals surface area contributed by atoms with Gasteiger partial charge in [-0.1, -0.05) is 158 Å². The quantitative estimate of drug-likeness (QED) is 0.160. The van der Waals surface area contributed by atoms with Gasteiger partial charge < -0.3 is 0 Å². The van der Waals surface area contributed by atoms with Crippen molar-refractivity contribution in [3.05, 3.63) is 182 Å². The molecule has 0 fully saturated rings. The molecule has 10 aromatic carbocycles. The van der Waals surface area contributed by atoms with Crippen LogP contribution in [-0.2, 0) is 0 Å². The molecule has 12 rings (SSSR count). The summed E-state index contributed by atoms with van der Waals surface area (Å²) in [5.41, 5.74) is 7.61. The summed E-state index contributed by atoms with van der Waals surface area (Å²) in [5, 5.41) is 15.8. The maximum atomic E-state index is 2.46. The van der Waals surface area contributed by atoms with Crippen LogP contribution in [-0.4, -0.2) is 0 Å². The van der Waals surface area contributed by atoms with E-state index in [-0.39, 0.29) is 0 Å². The number of benzene rings is 10. The normalized spacial score (nSPS) is 12.1. The fourth-order valence-corrected chi connectivity index (χ4v) is 11.5. The zero-order chi connectivity index (χ0) is 35.3. The van der Waals surface area contributed by atoms with E-state index in [9.17, 15) is 0 Å². The average molecular weight is 719 g/mol. The Hall–Kier alpha value is -6.32. The summed E-state index contributed by atoms with van der Waals surface area (Å²) in [4.78, 5) is 0. The Morgan fingerprint density at radius 2 is 0.815 bits per heavy atom. The van der Waals surface area contributed by atoms with Gasteiger partial charge in [-0.05, 0) is 101 Å². The van der Waals surface area contributed by atoms with Crippen LogP contribution < -0.4 is 0 Å². The van der Waals surface area contributed by atoms with Gasteiger partial charge in [0.25, 0.3) is 0 Å². The monoisotopic (exact) mass is 718 g/mol. The summed E-state index contributed by atoms with van der Waals surface area (Å²) in [6, 6.07) is 67.7. The van der Waals surface area contributed by atoms with Crippen molar-refractivity contribution < 1.29 is 0 Å². The molecular formula is C52H30S2. The Morgan fingerprint density at radius 3 is 1.54 bits per heavy atom. The van der Waals surface area contributed by atoms with Gasteiger partial charge in [-0.2, -0.15) is 0 Å². The molecule has 0 saturated carbocycles. The number of thiophene rings is 2. The van der Waals surface area contributed by atoms with E-state index < -0.39 is 0 Å². The van der Waals surface area contributed by atoms with Crippen molar-refractivity contribution >= 4 is 106 Å². The minimum atomic E-state index is 1.24. The van der Waals surface area contributed by atoms with Crippen LogP contribution in [0.2, 0.25) is 0 Å². The number of hydrogen-bond donors (Lipinski definition) is 0. The predicted octanol–water partition coefficient (Wildman–Crippen LogP) is 16.0. The van der Waals surface area contributed by atoms with Crippen molar-refractivity contribution in [2.24, 2.45) is 0 Å². The molecule has 0 atom stereocenters. The van der Waals surface area contributed by atoms with Gasteiger partial charge >= 0.3 is 0 Å². The Balaban J connectivity index is 1.11. The van der Waals surface area contributed by atoms with E-state index in [2.05, 4.69) is 182 Å². The maximum absolute atomic E-state index is 2.46. The summed E-state index contributed by atoms with van der Waals surface area (Å²) in [5.74, 6) is 0. The third-order valence-corrected chi connectivity index (χ3v) is 13.8. The van der Waals surface area contributed by atoms with Crippen molar-refractivity contribution in [3.63, 3.8) is 0 Å². The van der Waals surface area contributed by atoms with Gasteiger partial charge in [0, 0.05) is 40.3 Å². The lowest BCUT2D eigenvalue weighted by Gasteiger charge is -2.19. The van der Waals surface area contributed by atoms with E-state index in [0.29, 0.717) is 0 Å². The van der Waals surface area contributed by atoms with Crippen LogP contribution in [0.5, 0.6) is 0 Å². The van der Waals surface area contributed by atoms with E-state index in [1.54, 1.807) is 0 Å². The molecule has 0 saturated heterocycles. The van der Waals surface area contributed by atoms with Crippen LogP contribution in [0.3, 0.4) is 0 Å². The molecule has 0 aliphatic heterocycles. The van der Waals surface area contributed by atoms with Gasteiger partial charge in [-0.15, -0.1) is 22.7 Å². The molecule has 0 N–H and O–H groups in total. The first kappa shape index (κ1) is 30.2. The topological polar surface area (TPSA) is 0 Å². The summed E-state index contributed by atoms with van der Waals surface area (Å²) < 4.78 is 5.41. The van der Waals surface area contributed by atoms with Gasteiger partial charge in [-0.3, -0.25) is 0 Å². The molecule has 0 unspecified atom stereocenters. The van der Waals surface area contributed by atoms with Gasteiger partial charge in [-0.25, -0.2) is 0 Å². The van der Waals surface area contributed by atoms with Gasteiger partial charge in [0.15, 0.2) is 0 Å². The molecule has 0 spiro atoms. The van der Waals surface area contributed by atoms with Crippen molar-refractivity contribution in [1.82, 2.24) is 0 Å². The summed E-state index contributed by atoms with van der Waals surface area (Å²) in [6.45, 7) is 0. The smallest absolute Gasteiger partial charge is 0.0434 e. The summed E-state index contributed by atoms with van der Waals surface area (Å²) in [6.07, 6.45) is 0. The molecule has 0 aliphatic carbocycles. The molecular weight excluding hydrogens is 689 g/mol. The maximum Gasteiger partial charge on any atom is 0.0434 e. The SMILES string of the molecule is c1ccc(-c2c3ccccc3c(-c3ccc(-c4ccc5sc6ccc7sc8c9ccccc9ccc8c7c6c5c4)c4ccccc34)c3ccccc23)cc1. The number of rotatable bonds is 3. The van der Waals surface area contributed by atoms with Crippen LogP contribution in [0.1, 0.15) is 0 Å². The Morgan fingerprint density at radius 1 is 0.278 bits per heavy atom. The Bertz CT molecular complexity index is 3430. The minimum absolute atomic E-state index is 1.24. The highest BCUT2D eigenvalue weighted by Crippen LogP contribution is 2.49. The first-order valence-electron chi connectivity index (χ1n) is 18.5. The van der Waals surface area contributed by atoms with E-state index in [1.807, 2.05) is 22.7 Å². The molecule has 250 valence electrons. The van der Waals surface area contributed by atoms with E-state index in [4.69, 9.17) is 0 Å². The third-order valence-electron chi connectivity index (χ3n) is 11.5. The highest BCUT2D eigenvalue weighted by atomic mass is 32.1. The second-order valence-corrected chi connectivity index (χ2v) is 16.4. The minimum Gasteiger partial charge on any atom is -0.135 e. The first-order valence-corrected chi connectivity index (χ1v) is 20.1. The molecule has 2 heteroatoms. The molecule has 0 aliphatic rings. The fourth-order valence-electron chi connectivity index (χ4n) is 9.13. The van der Waals surface area contributed by atoms with Crippen molar-refractivity contribution in [2.45, 2.75) is 0 Å². The second-order valence-electron chi connectivity index (χ2n) is 14.3. The summed E-state index contributed by atoms with van der Waals surface area (Å²) >= 11 is 3.83. The third kappa shape index (κ3) is 4.30. The fraction of sp³-hybridized carbons (Fsp3) is 0. The van der Waals surface area contributed by atoms with Crippen molar-refractivity contribution in [1.29, 1.82) is 0 Å². The highest BCUT2D eigenvalue weighted by molar-refractivity contribution is 7.28. The highest BCUT2D eigenvalue weighted by Gasteiger charge is 2.20. The first-order chi connectivity index (χ1) is 26.8. The zero-order valence-corrected chi connectivity index (χ0v) is 30.8. The lowest BCUT2D eigenvalue weighted by Crippen LogP contribution is -1.92. The van der Waals surface area contributed by atoms with Crippen LogP contribution in [0.25, 0.3) is 117 Å². The Labute approximate surface area is 319 Å². The molecule has 0 nitrogen and oxygen atoms in total. The second kappa shape index (κ2) is 11.6. The van der Waals surface area contributed by atoms with Crippen molar-refractivity contribution in [2.75, 3.05) is 0 Å². The van der Waals surface area contributed by atoms with Gasteiger partial charge in [0.1, 0.15) is 0 Å². The van der Waals surface area contributed by atoms with Gasteiger partial charge in [0.2, 0.25) is 0 Å². The predicted molar refractivity (Wildman–Crippen MR) is 239 cm³/mol. The molecule has 0 amide bonds. The van der Waals surface area contributed by atoms with Crippen LogP contribution >= 0.6 is 22.7 Å². The standard InChI is InChI=1S/C52H30S2/c1-2-13-32(14-3-1)48-38-18-8-10-20-40(38)49(41-21-11-9-19-39(41)48)42-26-25-34(36-16-6-7-17-37(36)42)33-23-27-45-44(30-33)51-46(53-45)28-29-47-50(51)43-24-22-31-12-4-5-15-35(31)52(43)54-47/h1-30H. The van der Waals surface area contributed by atoms with Crippen LogP contribution in [0, 0.1) is 0 Å². The number of fused-ring (bicyclic) bond motifs is 12. The largest absolute Gasteiger partial charge is 0.135 e. The molecule has 0 bridgehead atoms. The average Bonchev–Trinajstić information content (AvgIpc) is 3.81.